The summed E-state index contributed by atoms with van der Waals surface area (Å²) in [6.45, 7) is 1.97. The van der Waals surface area contributed by atoms with E-state index in [1.54, 1.807) is 6.07 Å². The molecular formula is C16H16ClNO2. The zero-order valence-corrected chi connectivity index (χ0v) is 11.9. The van der Waals surface area contributed by atoms with E-state index in [0.717, 1.165) is 5.56 Å². The number of hydrogen-bond donors (Lipinski definition) is 2. The molecule has 4 heteroatoms. The maximum absolute atomic E-state index is 12.3. The van der Waals surface area contributed by atoms with Crippen molar-refractivity contribution in [3.8, 4) is 5.75 Å². The first-order valence-electron chi connectivity index (χ1n) is 6.46. The van der Waals surface area contributed by atoms with Crippen LogP contribution < -0.4 is 5.32 Å². The Labute approximate surface area is 123 Å². The molecule has 0 spiro atoms. The van der Waals surface area contributed by atoms with E-state index in [9.17, 15) is 9.90 Å². The van der Waals surface area contributed by atoms with Crippen molar-refractivity contribution in [2.24, 2.45) is 0 Å². The number of halogens is 1. The Morgan fingerprint density at radius 1 is 1.25 bits per heavy atom. The Hall–Kier alpha value is -2.00. The first-order valence-corrected chi connectivity index (χ1v) is 6.84. The molecule has 104 valence electrons. The number of phenolic OH excluding ortho intramolecular Hbond substituents is 1. The monoisotopic (exact) mass is 289 g/mol. The van der Waals surface area contributed by atoms with Crippen molar-refractivity contribution < 1.29 is 9.90 Å². The third-order valence-corrected chi connectivity index (χ3v) is 3.45. The molecule has 1 unspecified atom stereocenters. The number of carbonyl (C=O) groups is 1. The van der Waals surface area contributed by atoms with Gasteiger partial charge in [-0.15, -0.1) is 0 Å². The highest BCUT2D eigenvalue weighted by Crippen LogP contribution is 2.28. The number of nitrogens with one attached hydrogen (secondary N) is 1. The SMILES string of the molecule is CCC(C(=O)Nc1ccc(O)cc1Cl)c1ccccc1. The Balaban J connectivity index is 2.18. The Bertz CT molecular complexity index is 599. The van der Waals surface area contributed by atoms with E-state index in [1.807, 2.05) is 37.3 Å². The van der Waals surface area contributed by atoms with Crippen molar-refractivity contribution in [2.75, 3.05) is 5.32 Å². The normalized spacial score (nSPS) is 11.9. The van der Waals surface area contributed by atoms with Gasteiger partial charge in [0.05, 0.1) is 16.6 Å². The maximum Gasteiger partial charge on any atom is 0.231 e. The van der Waals surface area contributed by atoms with Gasteiger partial charge in [-0.3, -0.25) is 4.79 Å². The minimum absolute atomic E-state index is 0.0723. The van der Waals surface area contributed by atoms with Gasteiger partial charge in [-0.2, -0.15) is 0 Å². The van der Waals surface area contributed by atoms with Crippen LogP contribution in [0.4, 0.5) is 5.69 Å². The molecule has 0 aliphatic carbocycles. The Kier molecular flexibility index (Phi) is 4.64. The molecule has 2 N–H and O–H groups in total. The molecule has 0 aliphatic heterocycles. The molecule has 1 amide bonds. The number of amides is 1. The van der Waals surface area contributed by atoms with Crippen LogP contribution in [0.1, 0.15) is 24.8 Å². The van der Waals surface area contributed by atoms with Crippen molar-refractivity contribution in [2.45, 2.75) is 19.3 Å². The summed E-state index contributed by atoms with van der Waals surface area (Å²) in [5.41, 5.74) is 1.48. The summed E-state index contributed by atoms with van der Waals surface area (Å²) >= 11 is 5.99. The maximum atomic E-state index is 12.3. The number of phenols is 1. The summed E-state index contributed by atoms with van der Waals surface area (Å²) in [5, 5.41) is 12.4. The third kappa shape index (κ3) is 3.31. The van der Waals surface area contributed by atoms with Gasteiger partial charge >= 0.3 is 0 Å². The molecule has 2 rings (SSSR count). The van der Waals surface area contributed by atoms with Crippen LogP contribution in [0, 0.1) is 0 Å². The van der Waals surface area contributed by atoms with Gasteiger partial charge in [0.15, 0.2) is 0 Å². The Morgan fingerprint density at radius 3 is 2.55 bits per heavy atom. The lowest BCUT2D eigenvalue weighted by Gasteiger charge is -2.16. The van der Waals surface area contributed by atoms with E-state index < -0.39 is 0 Å². The van der Waals surface area contributed by atoms with Gasteiger partial charge in [-0.1, -0.05) is 48.9 Å². The highest BCUT2D eigenvalue weighted by atomic mass is 35.5. The summed E-state index contributed by atoms with van der Waals surface area (Å²) in [4.78, 5) is 12.3. The highest BCUT2D eigenvalue weighted by Gasteiger charge is 2.19. The fraction of sp³-hybridized carbons (Fsp3) is 0.188. The topological polar surface area (TPSA) is 49.3 Å². The number of aromatic hydroxyl groups is 1. The van der Waals surface area contributed by atoms with Crippen LogP contribution in [-0.4, -0.2) is 11.0 Å². The molecule has 0 saturated carbocycles. The summed E-state index contributed by atoms with van der Waals surface area (Å²) in [5.74, 6) is -0.254. The number of benzene rings is 2. The molecule has 2 aromatic carbocycles. The van der Waals surface area contributed by atoms with Crippen molar-refractivity contribution >= 4 is 23.2 Å². The molecule has 0 heterocycles. The van der Waals surface area contributed by atoms with Gasteiger partial charge in [0, 0.05) is 6.07 Å². The first-order chi connectivity index (χ1) is 9.61. The molecular weight excluding hydrogens is 274 g/mol. The van der Waals surface area contributed by atoms with E-state index in [0.29, 0.717) is 17.1 Å². The van der Waals surface area contributed by atoms with Crippen LogP contribution in [0.5, 0.6) is 5.75 Å². The van der Waals surface area contributed by atoms with Crippen LogP contribution in [0.25, 0.3) is 0 Å². The minimum Gasteiger partial charge on any atom is -0.508 e. The van der Waals surface area contributed by atoms with Crippen molar-refractivity contribution in [3.63, 3.8) is 0 Å². The molecule has 1 atom stereocenters. The van der Waals surface area contributed by atoms with E-state index >= 15 is 0 Å². The van der Waals surface area contributed by atoms with Crippen LogP contribution in [-0.2, 0) is 4.79 Å². The first kappa shape index (κ1) is 14.4. The predicted octanol–water partition coefficient (Wildman–Crippen LogP) is 4.18. The number of carbonyl (C=O) groups excluding carboxylic acids is 1. The molecule has 0 bridgehead atoms. The summed E-state index contributed by atoms with van der Waals surface area (Å²) in [6, 6.07) is 14.1. The van der Waals surface area contributed by atoms with Gasteiger partial charge in [0.2, 0.25) is 5.91 Å². The van der Waals surface area contributed by atoms with Crippen molar-refractivity contribution in [1.82, 2.24) is 0 Å². The predicted molar refractivity (Wildman–Crippen MR) is 81.2 cm³/mol. The van der Waals surface area contributed by atoms with Gasteiger partial charge < -0.3 is 10.4 Å². The van der Waals surface area contributed by atoms with Crippen molar-refractivity contribution in [3.05, 3.63) is 59.1 Å². The van der Waals surface area contributed by atoms with Crippen LogP contribution in [0.3, 0.4) is 0 Å². The molecule has 3 nitrogen and oxygen atoms in total. The molecule has 0 radical (unpaired) electrons. The molecule has 0 aromatic heterocycles. The van der Waals surface area contributed by atoms with Crippen molar-refractivity contribution in [1.29, 1.82) is 0 Å². The lowest BCUT2D eigenvalue weighted by molar-refractivity contribution is -0.117. The number of hydrogen-bond acceptors (Lipinski definition) is 2. The van der Waals surface area contributed by atoms with Crippen LogP contribution >= 0.6 is 11.6 Å². The van der Waals surface area contributed by atoms with Gasteiger partial charge in [-0.05, 0) is 24.1 Å². The average Bonchev–Trinajstić information content (AvgIpc) is 2.44. The second kappa shape index (κ2) is 6.44. The van der Waals surface area contributed by atoms with E-state index in [4.69, 9.17) is 11.6 Å². The molecule has 20 heavy (non-hydrogen) atoms. The van der Waals surface area contributed by atoms with Crippen LogP contribution in [0.2, 0.25) is 5.02 Å². The second-order valence-corrected chi connectivity index (χ2v) is 4.93. The summed E-state index contributed by atoms with van der Waals surface area (Å²) in [7, 11) is 0. The smallest absolute Gasteiger partial charge is 0.231 e. The summed E-state index contributed by atoms with van der Waals surface area (Å²) in [6.07, 6.45) is 0.700. The zero-order valence-electron chi connectivity index (χ0n) is 11.1. The molecule has 2 aromatic rings. The summed E-state index contributed by atoms with van der Waals surface area (Å²) < 4.78 is 0. The van der Waals surface area contributed by atoms with E-state index in [1.165, 1.54) is 12.1 Å². The minimum atomic E-state index is -0.221. The Morgan fingerprint density at radius 2 is 1.95 bits per heavy atom. The fourth-order valence-corrected chi connectivity index (χ4v) is 2.31. The number of rotatable bonds is 4. The third-order valence-electron chi connectivity index (χ3n) is 3.14. The highest BCUT2D eigenvalue weighted by molar-refractivity contribution is 6.33. The quantitative estimate of drug-likeness (QED) is 0.830. The van der Waals surface area contributed by atoms with Crippen LogP contribution in [0.15, 0.2) is 48.5 Å². The lowest BCUT2D eigenvalue weighted by Crippen LogP contribution is -2.20. The average molecular weight is 290 g/mol. The molecule has 0 fully saturated rings. The standard InChI is InChI=1S/C16H16ClNO2/c1-2-13(11-6-4-3-5-7-11)16(20)18-15-9-8-12(19)10-14(15)17/h3-10,13,19H,2H2,1H3,(H,18,20). The van der Waals surface area contributed by atoms with Gasteiger partial charge in [-0.25, -0.2) is 0 Å². The molecule has 0 aliphatic rings. The molecule has 0 saturated heterocycles. The van der Waals surface area contributed by atoms with Gasteiger partial charge in [0.1, 0.15) is 5.75 Å². The van der Waals surface area contributed by atoms with E-state index in [-0.39, 0.29) is 17.6 Å². The largest absolute Gasteiger partial charge is 0.508 e. The van der Waals surface area contributed by atoms with Gasteiger partial charge in [0.25, 0.3) is 0 Å². The number of anilines is 1. The fourth-order valence-electron chi connectivity index (χ4n) is 2.08. The van der Waals surface area contributed by atoms with E-state index in [2.05, 4.69) is 5.32 Å². The zero-order chi connectivity index (χ0) is 14.5. The second-order valence-electron chi connectivity index (χ2n) is 4.52. The lowest BCUT2D eigenvalue weighted by atomic mass is 9.95.